The standard InChI is InChI=1S/C17H17Cl2N3O2/c1-12(13-5-3-2-4-6-13)21-22(11-20-10-17(23)24)14-7-8-15(18)16(19)9-14/h2-9,11-12,21H,10H2,1H3,(H,23,24)/p+1/t12-/m0/s1. The van der Waals surface area contributed by atoms with Crippen LogP contribution in [0.5, 0.6) is 0 Å². The van der Waals surface area contributed by atoms with Crippen LogP contribution in [0, 0.1) is 0 Å². The van der Waals surface area contributed by atoms with Crippen molar-refractivity contribution in [2.45, 2.75) is 13.0 Å². The van der Waals surface area contributed by atoms with E-state index in [1.54, 1.807) is 29.2 Å². The van der Waals surface area contributed by atoms with Gasteiger partial charge in [0, 0.05) is 6.07 Å². The molecule has 1 atom stereocenters. The van der Waals surface area contributed by atoms with Gasteiger partial charge >= 0.3 is 5.97 Å². The Morgan fingerprint density at radius 3 is 2.54 bits per heavy atom. The monoisotopic (exact) mass is 366 g/mol. The van der Waals surface area contributed by atoms with E-state index in [2.05, 4.69) is 10.7 Å². The predicted molar refractivity (Wildman–Crippen MR) is 96.1 cm³/mol. The van der Waals surface area contributed by atoms with Crippen molar-refractivity contribution in [3.8, 4) is 0 Å². The molecule has 0 fully saturated rings. The number of nitrogens with zero attached hydrogens (tertiary/aromatic N) is 1. The summed E-state index contributed by atoms with van der Waals surface area (Å²) in [6.45, 7) is 1.81. The number of hydrogen-bond donors (Lipinski definition) is 3. The van der Waals surface area contributed by atoms with E-state index in [1.165, 1.54) is 0 Å². The molecule has 0 saturated carbocycles. The minimum atomic E-state index is -0.948. The summed E-state index contributed by atoms with van der Waals surface area (Å²) in [6, 6.07) is 15.1. The Bertz CT molecular complexity index is 736. The van der Waals surface area contributed by atoms with Gasteiger partial charge in [-0.2, -0.15) is 0 Å². The normalized spacial score (nSPS) is 12.5. The van der Waals surface area contributed by atoms with Gasteiger partial charge < -0.3 is 5.11 Å². The van der Waals surface area contributed by atoms with Crippen LogP contribution in [0.1, 0.15) is 18.5 Å². The third kappa shape index (κ3) is 5.15. The largest absolute Gasteiger partial charge is 0.478 e. The van der Waals surface area contributed by atoms with Crippen LogP contribution in [0.2, 0.25) is 10.0 Å². The summed E-state index contributed by atoms with van der Waals surface area (Å²) >= 11 is 12.0. The zero-order valence-corrected chi connectivity index (χ0v) is 14.6. The highest BCUT2D eigenvalue weighted by molar-refractivity contribution is 6.42. The molecule has 0 aliphatic heterocycles. The van der Waals surface area contributed by atoms with Gasteiger partial charge in [0.1, 0.15) is 0 Å². The van der Waals surface area contributed by atoms with Crippen LogP contribution in [-0.4, -0.2) is 28.6 Å². The Hall–Kier alpha value is -2.24. The molecule has 0 unspecified atom stereocenters. The van der Waals surface area contributed by atoms with E-state index < -0.39 is 5.97 Å². The smallest absolute Gasteiger partial charge is 0.345 e. The summed E-state index contributed by atoms with van der Waals surface area (Å²) in [5, 5.41) is 12.4. The van der Waals surface area contributed by atoms with Crippen molar-refractivity contribution in [3.05, 3.63) is 64.1 Å². The van der Waals surface area contributed by atoms with Crippen LogP contribution in [0.4, 0.5) is 5.69 Å². The van der Waals surface area contributed by atoms with Crippen LogP contribution >= 0.6 is 23.2 Å². The quantitative estimate of drug-likeness (QED) is 0.303. The van der Waals surface area contributed by atoms with Gasteiger partial charge in [-0.3, -0.25) is 5.32 Å². The molecule has 126 valence electrons. The number of carboxylic acid groups (broad SMARTS) is 1. The lowest BCUT2D eigenvalue weighted by atomic mass is 10.1. The molecule has 24 heavy (non-hydrogen) atoms. The number of carboxylic acids is 1. The van der Waals surface area contributed by atoms with Crippen molar-refractivity contribution in [2.24, 2.45) is 0 Å². The van der Waals surface area contributed by atoms with Crippen molar-refractivity contribution in [1.82, 2.24) is 10.7 Å². The van der Waals surface area contributed by atoms with Gasteiger partial charge in [0.05, 0.1) is 16.1 Å². The molecule has 2 aromatic rings. The lowest BCUT2D eigenvalue weighted by molar-refractivity contribution is -0.512. The summed E-state index contributed by atoms with van der Waals surface area (Å²) in [7, 11) is 0. The van der Waals surface area contributed by atoms with E-state index in [0.29, 0.717) is 10.0 Å². The molecule has 5 nitrogen and oxygen atoms in total. The molecule has 0 radical (unpaired) electrons. The van der Waals surface area contributed by atoms with Gasteiger partial charge in [-0.25, -0.2) is 10.2 Å². The second kappa shape index (κ2) is 8.57. The molecular formula is C17H18Cl2N3O2+. The molecule has 7 heteroatoms. The number of hydrazone groups is 1. The first kappa shape index (κ1) is 18.1. The Balaban J connectivity index is 2.25. The van der Waals surface area contributed by atoms with E-state index in [9.17, 15) is 4.79 Å². The topological polar surface area (TPSA) is 64.4 Å². The number of carbonyl (C=O) groups is 1. The summed E-state index contributed by atoms with van der Waals surface area (Å²) in [5.74, 6) is -0.948. The van der Waals surface area contributed by atoms with Gasteiger partial charge in [0.2, 0.25) is 0 Å². The molecule has 0 bridgehead atoms. The molecule has 0 amide bonds. The average molecular weight is 367 g/mol. The van der Waals surface area contributed by atoms with Gasteiger partial charge in [0.25, 0.3) is 6.34 Å². The fourth-order valence-electron chi connectivity index (χ4n) is 2.07. The number of benzene rings is 2. The second-order valence-electron chi connectivity index (χ2n) is 5.13. The molecule has 0 aliphatic rings. The van der Waals surface area contributed by atoms with Gasteiger partial charge in [-0.1, -0.05) is 53.5 Å². The zero-order chi connectivity index (χ0) is 17.5. The van der Waals surface area contributed by atoms with Gasteiger partial charge in [-0.15, -0.1) is 4.68 Å². The van der Waals surface area contributed by atoms with Crippen molar-refractivity contribution in [1.29, 1.82) is 0 Å². The highest BCUT2D eigenvalue weighted by Gasteiger charge is 2.13. The van der Waals surface area contributed by atoms with Crippen LogP contribution < -0.4 is 10.7 Å². The van der Waals surface area contributed by atoms with Gasteiger partial charge in [-0.05, 0) is 24.6 Å². The molecule has 0 aromatic heterocycles. The third-order valence-electron chi connectivity index (χ3n) is 3.29. The molecule has 2 rings (SSSR count). The van der Waals surface area contributed by atoms with Crippen LogP contribution in [-0.2, 0) is 4.79 Å². The average Bonchev–Trinajstić information content (AvgIpc) is 2.57. The van der Waals surface area contributed by atoms with E-state index >= 15 is 0 Å². The van der Waals surface area contributed by atoms with Crippen LogP contribution in [0.3, 0.4) is 0 Å². The number of rotatable bonds is 7. The molecule has 0 saturated heterocycles. The highest BCUT2D eigenvalue weighted by atomic mass is 35.5. The first-order chi connectivity index (χ1) is 11.5. The fourth-order valence-corrected chi connectivity index (χ4v) is 2.36. The molecule has 0 heterocycles. The minimum Gasteiger partial charge on any atom is -0.478 e. The molecule has 0 aliphatic carbocycles. The maximum absolute atomic E-state index is 10.7. The maximum Gasteiger partial charge on any atom is 0.345 e. The summed E-state index contributed by atoms with van der Waals surface area (Å²) in [4.78, 5) is 10.7. The summed E-state index contributed by atoms with van der Waals surface area (Å²) < 4.78 is 1.68. The second-order valence-corrected chi connectivity index (χ2v) is 5.95. The van der Waals surface area contributed by atoms with Crippen molar-refractivity contribution in [3.63, 3.8) is 0 Å². The summed E-state index contributed by atoms with van der Waals surface area (Å²) in [5.41, 5.74) is 5.11. The molecule has 0 spiro atoms. The van der Waals surface area contributed by atoms with Gasteiger partial charge in [0.15, 0.2) is 12.2 Å². The SMILES string of the molecule is C[C@H](N[N+](=CNCC(=O)O)c1ccc(Cl)c(Cl)c1)c1ccccc1. The predicted octanol–water partition coefficient (Wildman–Crippen LogP) is 3.61. The zero-order valence-electron chi connectivity index (χ0n) is 13.0. The number of aliphatic carboxylic acids is 1. The van der Waals surface area contributed by atoms with Crippen LogP contribution in [0.25, 0.3) is 0 Å². The number of hydrogen-bond acceptors (Lipinski definition) is 2. The van der Waals surface area contributed by atoms with E-state index in [0.717, 1.165) is 11.3 Å². The number of halogens is 2. The maximum atomic E-state index is 10.7. The van der Waals surface area contributed by atoms with E-state index in [4.69, 9.17) is 28.3 Å². The third-order valence-corrected chi connectivity index (χ3v) is 4.03. The first-order valence-corrected chi connectivity index (χ1v) is 8.07. The van der Waals surface area contributed by atoms with E-state index in [1.807, 2.05) is 37.3 Å². The summed E-state index contributed by atoms with van der Waals surface area (Å²) in [6.07, 6.45) is 1.55. The lowest BCUT2D eigenvalue weighted by Crippen LogP contribution is -2.34. The van der Waals surface area contributed by atoms with Crippen molar-refractivity contribution >= 4 is 41.2 Å². The fraction of sp³-hybridized carbons (Fsp3) is 0.176. The number of nitrogens with one attached hydrogen (secondary N) is 2. The molecule has 2 aromatic carbocycles. The van der Waals surface area contributed by atoms with Crippen molar-refractivity contribution < 1.29 is 14.6 Å². The Morgan fingerprint density at radius 1 is 1.21 bits per heavy atom. The van der Waals surface area contributed by atoms with E-state index in [-0.39, 0.29) is 12.6 Å². The van der Waals surface area contributed by atoms with Crippen molar-refractivity contribution in [2.75, 3.05) is 6.54 Å². The van der Waals surface area contributed by atoms with Crippen LogP contribution in [0.15, 0.2) is 48.5 Å². The first-order valence-electron chi connectivity index (χ1n) is 7.31. The number of hydrazine groups is 1. The Labute approximate surface area is 150 Å². The highest BCUT2D eigenvalue weighted by Crippen LogP contribution is 2.26. The lowest BCUT2D eigenvalue weighted by Gasteiger charge is -2.16. The Kier molecular flexibility index (Phi) is 6.46. The Morgan fingerprint density at radius 2 is 1.92 bits per heavy atom. The minimum absolute atomic E-state index is 0.0106. The molecule has 3 N–H and O–H groups in total. The molecular weight excluding hydrogens is 349 g/mol.